The number of rotatable bonds is 1. The second kappa shape index (κ2) is 3.87. The molecule has 3 nitrogen and oxygen atoms in total. The molecule has 78 valence electrons. The van der Waals surface area contributed by atoms with Gasteiger partial charge in [0.05, 0.1) is 10.7 Å². The average molecular weight is 287 g/mol. The molecular formula is C10H9BrClN3. The third-order valence-electron chi connectivity index (χ3n) is 2.13. The first-order valence-electron chi connectivity index (χ1n) is 4.33. The number of aryl methyl sites for hydroxylation is 1. The molecule has 1 aromatic carbocycles. The molecule has 15 heavy (non-hydrogen) atoms. The average Bonchev–Trinajstić information content (AvgIpc) is 2.46. The highest BCUT2D eigenvalue weighted by Crippen LogP contribution is 2.34. The summed E-state index contributed by atoms with van der Waals surface area (Å²) in [6, 6.07) is 7.42. The second-order valence-electron chi connectivity index (χ2n) is 3.17. The van der Waals surface area contributed by atoms with E-state index < -0.39 is 0 Å². The summed E-state index contributed by atoms with van der Waals surface area (Å²) in [7, 11) is 1.80. The van der Waals surface area contributed by atoms with Gasteiger partial charge in [0.25, 0.3) is 0 Å². The molecule has 0 unspecified atom stereocenters. The Morgan fingerprint density at radius 1 is 1.47 bits per heavy atom. The van der Waals surface area contributed by atoms with Crippen molar-refractivity contribution in [3.63, 3.8) is 0 Å². The zero-order valence-corrected chi connectivity index (χ0v) is 10.4. The molecule has 2 rings (SSSR count). The lowest BCUT2D eigenvalue weighted by Gasteiger charge is -2.02. The van der Waals surface area contributed by atoms with Crippen molar-refractivity contribution in [1.82, 2.24) is 9.78 Å². The van der Waals surface area contributed by atoms with Gasteiger partial charge in [-0.25, -0.2) is 0 Å². The molecule has 0 atom stereocenters. The van der Waals surface area contributed by atoms with Crippen LogP contribution in [0.15, 0.2) is 28.7 Å². The Bertz CT molecular complexity index is 468. The Labute approximate surface area is 101 Å². The fraction of sp³-hybridized carbons (Fsp3) is 0.100. The van der Waals surface area contributed by atoms with E-state index in [0.29, 0.717) is 10.8 Å². The minimum Gasteiger partial charge on any atom is -0.384 e. The molecule has 1 heterocycles. The van der Waals surface area contributed by atoms with E-state index >= 15 is 0 Å². The van der Waals surface area contributed by atoms with Crippen LogP contribution in [-0.4, -0.2) is 9.78 Å². The number of hydrogen-bond donors (Lipinski definition) is 1. The first kappa shape index (κ1) is 10.5. The number of nitrogens with zero attached hydrogens (tertiary/aromatic N) is 2. The Morgan fingerprint density at radius 3 is 2.73 bits per heavy atom. The maximum Gasteiger partial charge on any atom is 0.121 e. The standard InChI is InChI=1S/C10H9BrClN3/c1-15-9(13)5-8(14-15)10-6(11)3-2-4-7(10)12/h2-5H,13H2,1H3. The van der Waals surface area contributed by atoms with Crippen LogP contribution in [0.4, 0.5) is 5.82 Å². The summed E-state index contributed by atoms with van der Waals surface area (Å²) in [4.78, 5) is 0. The first-order valence-corrected chi connectivity index (χ1v) is 5.50. The molecule has 0 saturated carbocycles. The predicted molar refractivity (Wildman–Crippen MR) is 65.8 cm³/mol. The highest BCUT2D eigenvalue weighted by Gasteiger charge is 2.11. The van der Waals surface area contributed by atoms with Gasteiger partial charge < -0.3 is 5.73 Å². The molecule has 2 aromatic rings. The molecule has 0 spiro atoms. The Hall–Kier alpha value is -1.00. The molecule has 0 amide bonds. The first-order chi connectivity index (χ1) is 7.09. The monoisotopic (exact) mass is 285 g/mol. The third-order valence-corrected chi connectivity index (χ3v) is 3.11. The lowest BCUT2D eigenvalue weighted by molar-refractivity contribution is 0.782. The zero-order chi connectivity index (χ0) is 11.0. The Kier molecular flexibility index (Phi) is 2.71. The van der Waals surface area contributed by atoms with E-state index in [4.69, 9.17) is 17.3 Å². The van der Waals surface area contributed by atoms with Gasteiger partial charge >= 0.3 is 0 Å². The van der Waals surface area contributed by atoms with E-state index in [2.05, 4.69) is 21.0 Å². The highest BCUT2D eigenvalue weighted by atomic mass is 79.9. The molecule has 0 radical (unpaired) electrons. The predicted octanol–water partition coefficient (Wildman–Crippen LogP) is 3.09. The molecule has 0 aliphatic carbocycles. The molecule has 0 aliphatic heterocycles. The number of halogens is 2. The van der Waals surface area contributed by atoms with Crippen LogP contribution in [-0.2, 0) is 7.05 Å². The molecule has 5 heteroatoms. The molecule has 2 N–H and O–H groups in total. The van der Waals surface area contributed by atoms with Crippen molar-refractivity contribution < 1.29 is 0 Å². The van der Waals surface area contributed by atoms with Gasteiger partial charge in [-0.2, -0.15) is 5.10 Å². The van der Waals surface area contributed by atoms with Gasteiger partial charge in [0.2, 0.25) is 0 Å². The number of aromatic nitrogens is 2. The topological polar surface area (TPSA) is 43.8 Å². The zero-order valence-electron chi connectivity index (χ0n) is 8.04. The maximum atomic E-state index is 6.11. The number of anilines is 1. The minimum absolute atomic E-state index is 0.608. The molecule has 0 bridgehead atoms. The molecule has 0 aliphatic rings. The van der Waals surface area contributed by atoms with Crippen molar-refractivity contribution in [3.8, 4) is 11.3 Å². The van der Waals surface area contributed by atoms with E-state index in [-0.39, 0.29) is 0 Å². The lowest BCUT2D eigenvalue weighted by atomic mass is 10.1. The number of hydrogen-bond acceptors (Lipinski definition) is 2. The van der Waals surface area contributed by atoms with E-state index in [1.165, 1.54) is 0 Å². The van der Waals surface area contributed by atoms with Gasteiger partial charge in [-0.3, -0.25) is 4.68 Å². The van der Waals surface area contributed by atoms with Gasteiger partial charge in [-0.15, -0.1) is 0 Å². The van der Waals surface area contributed by atoms with Crippen molar-refractivity contribution in [2.45, 2.75) is 0 Å². The SMILES string of the molecule is Cn1nc(-c2c(Cl)cccc2Br)cc1N. The normalized spacial score (nSPS) is 10.6. The summed E-state index contributed by atoms with van der Waals surface area (Å²) in [6.07, 6.45) is 0. The summed E-state index contributed by atoms with van der Waals surface area (Å²) in [5.74, 6) is 0.608. The third kappa shape index (κ3) is 1.87. The largest absolute Gasteiger partial charge is 0.384 e. The molecule has 0 fully saturated rings. The molecule has 0 saturated heterocycles. The van der Waals surface area contributed by atoms with Crippen LogP contribution in [0.25, 0.3) is 11.3 Å². The summed E-state index contributed by atoms with van der Waals surface area (Å²) < 4.78 is 2.53. The number of nitrogen functional groups attached to an aromatic ring is 1. The van der Waals surface area contributed by atoms with Crippen LogP contribution in [0, 0.1) is 0 Å². The van der Waals surface area contributed by atoms with E-state index in [9.17, 15) is 0 Å². The minimum atomic E-state index is 0.608. The van der Waals surface area contributed by atoms with Crippen molar-refractivity contribution >= 4 is 33.3 Å². The molecule has 1 aromatic heterocycles. The highest BCUT2D eigenvalue weighted by molar-refractivity contribution is 9.10. The van der Waals surface area contributed by atoms with Gasteiger partial charge in [-0.05, 0) is 12.1 Å². The van der Waals surface area contributed by atoms with Crippen LogP contribution in [0.3, 0.4) is 0 Å². The molecular weight excluding hydrogens is 277 g/mol. The fourth-order valence-corrected chi connectivity index (χ4v) is 2.30. The smallest absolute Gasteiger partial charge is 0.121 e. The quantitative estimate of drug-likeness (QED) is 0.875. The summed E-state index contributed by atoms with van der Waals surface area (Å²) in [5, 5.41) is 4.93. The van der Waals surface area contributed by atoms with Crippen LogP contribution in [0.2, 0.25) is 5.02 Å². The Balaban J connectivity index is 2.63. The van der Waals surface area contributed by atoms with Crippen LogP contribution >= 0.6 is 27.5 Å². The lowest BCUT2D eigenvalue weighted by Crippen LogP contribution is -1.96. The van der Waals surface area contributed by atoms with Crippen molar-refractivity contribution in [2.24, 2.45) is 7.05 Å². The van der Waals surface area contributed by atoms with E-state index in [1.54, 1.807) is 17.8 Å². The number of nitrogens with two attached hydrogens (primary N) is 1. The van der Waals surface area contributed by atoms with Crippen molar-refractivity contribution in [2.75, 3.05) is 5.73 Å². The van der Waals surface area contributed by atoms with Gasteiger partial charge in [0.15, 0.2) is 0 Å². The van der Waals surface area contributed by atoms with Gasteiger partial charge in [-0.1, -0.05) is 33.6 Å². The summed E-state index contributed by atoms with van der Waals surface area (Å²) in [6.45, 7) is 0. The van der Waals surface area contributed by atoms with E-state index in [1.807, 2.05) is 18.2 Å². The van der Waals surface area contributed by atoms with Crippen molar-refractivity contribution in [1.29, 1.82) is 0 Å². The summed E-state index contributed by atoms with van der Waals surface area (Å²) in [5.41, 5.74) is 7.36. The van der Waals surface area contributed by atoms with Crippen molar-refractivity contribution in [3.05, 3.63) is 33.8 Å². The van der Waals surface area contributed by atoms with Crippen LogP contribution < -0.4 is 5.73 Å². The van der Waals surface area contributed by atoms with Crippen LogP contribution in [0.1, 0.15) is 0 Å². The fourth-order valence-electron chi connectivity index (χ4n) is 1.35. The van der Waals surface area contributed by atoms with E-state index in [0.717, 1.165) is 15.7 Å². The maximum absolute atomic E-state index is 6.11. The number of benzene rings is 1. The van der Waals surface area contributed by atoms with Gasteiger partial charge in [0, 0.05) is 23.2 Å². The second-order valence-corrected chi connectivity index (χ2v) is 4.44. The Morgan fingerprint density at radius 2 is 2.20 bits per heavy atom. The van der Waals surface area contributed by atoms with Gasteiger partial charge in [0.1, 0.15) is 5.82 Å². The summed E-state index contributed by atoms with van der Waals surface area (Å²) >= 11 is 9.55. The van der Waals surface area contributed by atoms with Crippen LogP contribution in [0.5, 0.6) is 0 Å².